The number of aryl methyl sites for hydroxylation is 1. The fourth-order valence-electron chi connectivity index (χ4n) is 2.15. The van der Waals surface area contributed by atoms with Crippen LogP contribution in [-0.2, 0) is 16.1 Å². The van der Waals surface area contributed by atoms with Gasteiger partial charge >= 0.3 is 5.97 Å². The molecule has 0 radical (unpaired) electrons. The van der Waals surface area contributed by atoms with Crippen LogP contribution in [0.3, 0.4) is 0 Å². The first-order chi connectivity index (χ1) is 12.6. The van der Waals surface area contributed by atoms with Gasteiger partial charge < -0.3 is 14.0 Å². The second-order valence-electron chi connectivity index (χ2n) is 5.51. The molecule has 0 saturated carbocycles. The molecule has 0 bridgehead atoms. The van der Waals surface area contributed by atoms with Crippen molar-refractivity contribution in [3.8, 4) is 16.5 Å². The lowest BCUT2D eigenvalue weighted by Crippen LogP contribution is -2.07. The lowest BCUT2D eigenvalue weighted by Gasteiger charge is -2.07. The van der Waals surface area contributed by atoms with Crippen LogP contribution in [0.1, 0.15) is 24.3 Å². The largest absolute Gasteiger partial charge is 0.494 e. The van der Waals surface area contributed by atoms with E-state index < -0.39 is 0 Å². The maximum atomic E-state index is 11.8. The van der Waals surface area contributed by atoms with Gasteiger partial charge in [0.15, 0.2) is 6.61 Å². The van der Waals surface area contributed by atoms with Gasteiger partial charge in [0.1, 0.15) is 5.75 Å². The molecule has 26 heavy (non-hydrogen) atoms. The molecule has 3 rings (SSSR count). The third-order valence-corrected chi connectivity index (χ3v) is 4.78. The molecular weight excluding hydrogens is 376 g/mol. The van der Waals surface area contributed by atoms with Crippen LogP contribution in [0.4, 0.5) is 0 Å². The molecule has 3 aromatic rings. The summed E-state index contributed by atoms with van der Waals surface area (Å²) >= 11 is 7.48. The predicted octanol–water partition coefficient (Wildman–Crippen LogP) is 4.66. The number of carbonyl (C=O) groups is 1. The first kappa shape index (κ1) is 18.4. The highest BCUT2D eigenvalue weighted by molar-refractivity contribution is 7.13. The minimum atomic E-state index is -0.336. The van der Waals surface area contributed by atoms with E-state index in [1.165, 1.54) is 11.3 Å². The van der Waals surface area contributed by atoms with E-state index in [1.54, 1.807) is 12.1 Å². The molecule has 0 spiro atoms. The summed E-state index contributed by atoms with van der Waals surface area (Å²) in [6, 6.07) is 9.25. The Morgan fingerprint density at radius 3 is 3.00 bits per heavy atom. The van der Waals surface area contributed by atoms with Gasteiger partial charge in [0.25, 0.3) is 5.89 Å². The van der Waals surface area contributed by atoms with E-state index >= 15 is 0 Å². The minimum absolute atomic E-state index is 0.0333. The number of nitrogens with zero attached hydrogens (tertiary/aromatic N) is 2. The first-order valence-electron chi connectivity index (χ1n) is 8.03. The van der Waals surface area contributed by atoms with E-state index in [2.05, 4.69) is 10.1 Å². The highest BCUT2D eigenvalue weighted by atomic mass is 35.5. The summed E-state index contributed by atoms with van der Waals surface area (Å²) in [7, 11) is 0. The van der Waals surface area contributed by atoms with E-state index in [0.29, 0.717) is 23.9 Å². The van der Waals surface area contributed by atoms with Crippen LogP contribution in [0, 0.1) is 6.92 Å². The monoisotopic (exact) mass is 392 g/mol. The molecule has 8 heteroatoms. The van der Waals surface area contributed by atoms with E-state index in [0.717, 1.165) is 16.2 Å². The Bertz CT molecular complexity index is 864. The second-order valence-corrected chi connectivity index (χ2v) is 6.87. The summed E-state index contributed by atoms with van der Waals surface area (Å²) in [4.78, 5) is 16.9. The minimum Gasteiger partial charge on any atom is -0.494 e. The molecule has 2 aromatic heterocycles. The van der Waals surface area contributed by atoms with Crippen molar-refractivity contribution in [2.75, 3.05) is 6.61 Å². The van der Waals surface area contributed by atoms with Crippen molar-refractivity contribution in [2.45, 2.75) is 26.4 Å². The molecule has 0 N–H and O–H groups in total. The van der Waals surface area contributed by atoms with Gasteiger partial charge in [-0.1, -0.05) is 22.8 Å². The van der Waals surface area contributed by atoms with E-state index in [1.807, 2.05) is 30.5 Å². The van der Waals surface area contributed by atoms with Gasteiger partial charge in [-0.05, 0) is 48.6 Å². The van der Waals surface area contributed by atoms with Crippen molar-refractivity contribution in [3.63, 3.8) is 0 Å². The fraction of sp³-hybridized carbons (Fsp3) is 0.278. The molecule has 0 aliphatic carbocycles. The summed E-state index contributed by atoms with van der Waals surface area (Å²) in [5, 5.41) is 6.49. The zero-order valence-corrected chi connectivity index (χ0v) is 15.7. The molecule has 0 atom stereocenters. The standard InChI is InChI=1S/C18H17ClN2O4S/c1-12-10-13(6-7-14(12)19)23-8-2-5-17(22)24-11-16-20-18(21-25-16)15-4-3-9-26-15/h3-4,6-7,9-10H,2,5,8,11H2,1H3. The van der Waals surface area contributed by atoms with Crippen molar-refractivity contribution < 1.29 is 18.8 Å². The number of ether oxygens (including phenoxy) is 2. The average Bonchev–Trinajstić information content (AvgIpc) is 3.31. The number of aromatic nitrogens is 2. The van der Waals surface area contributed by atoms with Crippen molar-refractivity contribution in [3.05, 3.63) is 52.2 Å². The maximum Gasteiger partial charge on any atom is 0.306 e. The number of rotatable bonds is 8. The van der Waals surface area contributed by atoms with Crippen molar-refractivity contribution >= 4 is 28.9 Å². The summed E-state index contributed by atoms with van der Waals surface area (Å²) in [5.74, 6) is 1.16. The van der Waals surface area contributed by atoms with Gasteiger partial charge in [0.05, 0.1) is 11.5 Å². The van der Waals surface area contributed by atoms with Gasteiger partial charge in [-0.15, -0.1) is 11.3 Å². The van der Waals surface area contributed by atoms with Crippen molar-refractivity contribution in [1.82, 2.24) is 10.1 Å². The molecular formula is C18H17ClN2O4S. The van der Waals surface area contributed by atoms with Gasteiger partial charge in [-0.25, -0.2) is 0 Å². The molecule has 0 amide bonds. The van der Waals surface area contributed by atoms with Crippen LogP contribution in [0.25, 0.3) is 10.7 Å². The van der Waals surface area contributed by atoms with Crippen LogP contribution in [0.15, 0.2) is 40.2 Å². The third-order valence-electron chi connectivity index (χ3n) is 3.49. The van der Waals surface area contributed by atoms with Gasteiger partial charge in [0.2, 0.25) is 5.82 Å². The Labute approximate surface area is 159 Å². The fourth-order valence-corrected chi connectivity index (χ4v) is 2.91. The van der Waals surface area contributed by atoms with Gasteiger partial charge in [0, 0.05) is 11.4 Å². The first-order valence-corrected chi connectivity index (χ1v) is 9.28. The van der Waals surface area contributed by atoms with E-state index in [4.69, 9.17) is 25.6 Å². The maximum absolute atomic E-state index is 11.8. The zero-order valence-electron chi connectivity index (χ0n) is 14.1. The van der Waals surface area contributed by atoms with Gasteiger partial charge in [-0.3, -0.25) is 4.79 Å². The number of benzene rings is 1. The number of hydrogen-bond acceptors (Lipinski definition) is 7. The number of esters is 1. The topological polar surface area (TPSA) is 74.5 Å². The van der Waals surface area contributed by atoms with Crippen LogP contribution in [0.5, 0.6) is 5.75 Å². The SMILES string of the molecule is Cc1cc(OCCCC(=O)OCc2nc(-c3cccs3)no2)ccc1Cl. The number of carbonyl (C=O) groups excluding carboxylic acids is 1. The van der Waals surface area contributed by atoms with Crippen LogP contribution < -0.4 is 4.74 Å². The van der Waals surface area contributed by atoms with Crippen LogP contribution >= 0.6 is 22.9 Å². The Morgan fingerprint density at radius 2 is 2.23 bits per heavy atom. The zero-order chi connectivity index (χ0) is 18.4. The van der Waals surface area contributed by atoms with Crippen molar-refractivity contribution in [2.24, 2.45) is 0 Å². The van der Waals surface area contributed by atoms with Gasteiger partial charge in [-0.2, -0.15) is 4.98 Å². The highest BCUT2D eigenvalue weighted by Gasteiger charge is 2.11. The summed E-state index contributed by atoms with van der Waals surface area (Å²) in [6.45, 7) is 2.29. The molecule has 2 heterocycles. The lowest BCUT2D eigenvalue weighted by molar-refractivity contribution is -0.146. The van der Waals surface area contributed by atoms with E-state index in [-0.39, 0.29) is 24.9 Å². The quantitative estimate of drug-likeness (QED) is 0.410. The smallest absolute Gasteiger partial charge is 0.306 e. The average molecular weight is 393 g/mol. The molecule has 6 nitrogen and oxygen atoms in total. The Hall–Kier alpha value is -2.38. The summed E-state index contributed by atoms with van der Waals surface area (Å²) in [6.07, 6.45) is 0.795. The number of thiophene rings is 1. The predicted molar refractivity (Wildman–Crippen MR) is 98.3 cm³/mol. The normalized spacial score (nSPS) is 10.7. The molecule has 0 fully saturated rings. The Morgan fingerprint density at radius 1 is 1.35 bits per heavy atom. The highest BCUT2D eigenvalue weighted by Crippen LogP contribution is 2.22. The molecule has 0 saturated heterocycles. The molecule has 1 aromatic carbocycles. The number of hydrogen-bond donors (Lipinski definition) is 0. The van der Waals surface area contributed by atoms with Crippen molar-refractivity contribution in [1.29, 1.82) is 0 Å². The summed E-state index contributed by atoms with van der Waals surface area (Å²) in [5.41, 5.74) is 0.949. The molecule has 0 unspecified atom stereocenters. The molecule has 136 valence electrons. The Kier molecular flexibility index (Phi) is 6.25. The summed E-state index contributed by atoms with van der Waals surface area (Å²) < 4.78 is 15.8. The molecule has 0 aliphatic heterocycles. The lowest BCUT2D eigenvalue weighted by atomic mass is 10.2. The van der Waals surface area contributed by atoms with E-state index in [9.17, 15) is 4.79 Å². The molecule has 0 aliphatic rings. The third kappa shape index (κ3) is 5.06. The second kappa shape index (κ2) is 8.82. The van der Waals surface area contributed by atoms with Crippen LogP contribution in [0.2, 0.25) is 5.02 Å². The van der Waals surface area contributed by atoms with Crippen LogP contribution in [-0.4, -0.2) is 22.7 Å². The Balaban J connectivity index is 1.36. The number of halogens is 1.